The van der Waals surface area contributed by atoms with Gasteiger partial charge in [-0.3, -0.25) is 4.90 Å². The van der Waals surface area contributed by atoms with E-state index in [0.29, 0.717) is 42.6 Å². The van der Waals surface area contributed by atoms with Crippen molar-refractivity contribution in [2.24, 2.45) is 0 Å². The number of piperidine rings is 1. The number of anilines is 3. The first-order chi connectivity index (χ1) is 15.8. The number of morpholine rings is 1. The monoisotopic (exact) mass is 456 g/mol. The first kappa shape index (κ1) is 20.5. The summed E-state index contributed by atoms with van der Waals surface area (Å²) in [5.74, 6) is 2.90. The van der Waals surface area contributed by atoms with Crippen molar-refractivity contribution in [3.8, 4) is 5.75 Å². The van der Waals surface area contributed by atoms with Gasteiger partial charge in [0.15, 0.2) is 5.75 Å². The van der Waals surface area contributed by atoms with Gasteiger partial charge in [0.1, 0.15) is 24.6 Å². The van der Waals surface area contributed by atoms with Gasteiger partial charge in [-0.2, -0.15) is 0 Å². The van der Waals surface area contributed by atoms with Crippen molar-refractivity contribution in [3.05, 3.63) is 34.6 Å². The van der Waals surface area contributed by atoms with Crippen LogP contribution >= 0.6 is 11.6 Å². The fraction of sp³-hybridized carbons (Fsp3) is 0.565. The molecule has 0 amide bonds. The Balaban J connectivity index is 1.23. The number of fused-ring (bicyclic) bond motifs is 2. The molecule has 4 aliphatic heterocycles. The fourth-order valence-corrected chi connectivity index (χ4v) is 5.53. The van der Waals surface area contributed by atoms with Crippen LogP contribution in [-0.2, 0) is 11.3 Å². The number of aromatic nitrogens is 2. The zero-order chi connectivity index (χ0) is 21.5. The van der Waals surface area contributed by atoms with Crippen molar-refractivity contribution in [2.45, 2.75) is 31.4 Å². The molecule has 2 aromatic rings. The van der Waals surface area contributed by atoms with E-state index in [2.05, 4.69) is 42.5 Å². The predicted octanol–water partition coefficient (Wildman–Crippen LogP) is 2.75. The van der Waals surface area contributed by atoms with Crippen LogP contribution in [0.3, 0.4) is 0 Å². The molecule has 0 unspecified atom stereocenters. The molecule has 32 heavy (non-hydrogen) atoms. The maximum Gasteiger partial charge on any atom is 0.161 e. The Kier molecular flexibility index (Phi) is 5.54. The molecule has 3 fully saturated rings. The number of rotatable bonds is 3. The van der Waals surface area contributed by atoms with Gasteiger partial charge >= 0.3 is 0 Å². The molecule has 0 atom stereocenters. The summed E-state index contributed by atoms with van der Waals surface area (Å²) in [6, 6.07) is 4.99. The van der Waals surface area contributed by atoms with Crippen LogP contribution in [0.1, 0.15) is 29.9 Å². The van der Waals surface area contributed by atoms with E-state index in [9.17, 15) is 0 Å². The van der Waals surface area contributed by atoms with Crippen molar-refractivity contribution < 1.29 is 9.47 Å². The van der Waals surface area contributed by atoms with Crippen molar-refractivity contribution in [1.29, 1.82) is 0 Å². The molecule has 4 aliphatic rings. The molecule has 9 heteroatoms. The summed E-state index contributed by atoms with van der Waals surface area (Å²) in [7, 11) is 0. The van der Waals surface area contributed by atoms with Gasteiger partial charge in [0.25, 0.3) is 0 Å². The molecule has 0 radical (unpaired) electrons. The van der Waals surface area contributed by atoms with Crippen LogP contribution in [0.5, 0.6) is 5.75 Å². The van der Waals surface area contributed by atoms with E-state index in [-0.39, 0.29) is 0 Å². The highest BCUT2D eigenvalue weighted by atomic mass is 35.5. The molecule has 0 bridgehead atoms. The van der Waals surface area contributed by atoms with Gasteiger partial charge < -0.3 is 25.0 Å². The van der Waals surface area contributed by atoms with E-state index in [1.807, 2.05) is 0 Å². The van der Waals surface area contributed by atoms with Crippen LogP contribution in [0.2, 0.25) is 5.02 Å². The fourth-order valence-electron chi connectivity index (χ4n) is 5.25. The largest absolute Gasteiger partial charge is 0.485 e. The SMILES string of the molecule is Clc1cc(C2CN(C3CCNCC3)C2)cc2c1OCc1c(ncnc1N1CCOCC1)N2. The van der Waals surface area contributed by atoms with Crippen LogP contribution in [0.15, 0.2) is 18.5 Å². The third-order valence-electron chi connectivity index (χ3n) is 7.12. The van der Waals surface area contributed by atoms with E-state index in [4.69, 9.17) is 21.1 Å². The third kappa shape index (κ3) is 3.79. The molecule has 0 spiro atoms. The molecule has 1 aromatic heterocycles. The van der Waals surface area contributed by atoms with Gasteiger partial charge in [-0.15, -0.1) is 0 Å². The lowest BCUT2D eigenvalue weighted by atomic mass is 9.88. The smallest absolute Gasteiger partial charge is 0.161 e. The second-order valence-corrected chi connectivity index (χ2v) is 9.46. The molecular weight excluding hydrogens is 428 g/mol. The minimum atomic E-state index is 0.384. The van der Waals surface area contributed by atoms with Crippen molar-refractivity contribution in [2.75, 3.05) is 62.7 Å². The number of nitrogens with one attached hydrogen (secondary N) is 2. The van der Waals surface area contributed by atoms with Crippen LogP contribution in [0.4, 0.5) is 17.3 Å². The molecule has 1 aromatic carbocycles. The van der Waals surface area contributed by atoms with Crippen LogP contribution in [0, 0.1) is 0 Å². The lowest BCUT2D eigenvalue weighted by Crippen LogP contribution is -2.53. The van der Waals surface area contributed by atoms with E-state index < -0.39 is 0 Å². The quantitative estimate of drug-likeness (QED) is 0.730. The second-order valence-electron chi connectivity index (χ2n) is 9.05. The highest BCUT2D eigenvalue weighted by Gasteiger charge is 2.35. The Morgan fingerprint density at radius 2 is 1.88 bits per heavy atom. The van der Waals surface area contributed by atoms with Crippen LogP contribution < -0.4 is 20.3 Å². The van der Waals surface area contributed by atoms with Crippen molar-refractivity contribution in [3.63, 3.8) is 0 Å². The standard InChI is InChI=1S/C23H29ClN6O2/c24-19-9-15(16-11-30(12-16)17-1-3-25-4-2-17)10-20-21(19)32-13-18-22(28-20)26-14-27-23(18)29-5-7-31-8-6-29/h9-10,14,16-17,25H,1-8,11-13H2,(H,26,27,28). The molecule has 170 valence electrons. The number of nitrogens with zero attached hydrogens (tertiary/aromatic N) is 4. The predicted molar refractivity (Wildman–Crippen MR) is 124 cm³/mol. The van der Waals surface area contributed by atoms with E-state index in [0.717, 1.165) is 62.2 Å². The van der Waals surface area contributed by atoms with Gasteiger partial charge in [0, 0.05) is 38.1 Å². The Labute approximate surface area is 193 Å². The average Bonchev–Trinajstić information content (AvgIpc) is 2.99. The number of likely N-dealkylation sites (tertiary alicyclic amines) is 1. The molecule has 0 saturated carbocycles. The lowest BCUT2D eigenvalue weighted by Gasteiger charge is -2.46. The van der Waals surface area contributed by atoms with Gasteiger partial charge in [-0.05, 0) is 43.6 Å². The molecule has 0 aliphatic carbocycles. The first-order valence-electron chi connectivity index (χ1n) is 11.6. The third-order valence-corrected chi connectivity index (χ3v) is 7.40. The molecule has 8 nitrogen and oxygen atoms in total. The van der Waals surface area contributed by atoms with E-state index in [1.54, 1.807) is 6.33 Å². The summed E-state index contributed by atoms with van der Waals surface area (Å²) in [6.45, 7) is 7.89. The van der Waals surface area contributed by atoms with Crippen molar-refractivity contribution >= 4 is 28.9 Å². The van der Waals surface area contributed by atoms with Gasteiger partial charge in [0.2, 0.25) is 0 Å². The summed E-state index contributed by atoms with van der Waals surface area (Å²) >= 11 is 6.71. The molecule has 5 heterocycles. The Morgan fingerprint density at radius 3 is 2.69 bits per heavy atom. The molecular formula is C23H29ClN6O2. The second kappa shape index (κ2) is 8.67. The zero-order valence-corrected chi connectivity index (χ0v) is 18.9. The average molecular weight is 457 g/mol. The number of hydrogen-bond donors (Lipinski definition) is 2. The van der Waals surface area contributed by atoms with E-state index >= 15 is 0 Å². The maximum absolute atomic E-state index is 6.71. The Morgan fingerprint density at radius 1 is 1.06 bits per heavy atom. The number of benzene rings is 1. The number of ether oxygens (including phenoxy) is 2. The highest BCUT2D eigenvalue weighted by Crippen LogP contribution is 2.43. The minimum Gasteiger partial charge on any atom is -0.485 e. The lowest BCUT2D eigenvalue weighted by molar-refractivity contribution is 0.0729. The van der Waals surface area contributed by atoms with Gasteiger partial charge in [-0.1, -0.05) is 11.6 Å². The molecule has 6 rings (SSSR count). The summed E-state index contributed by atoms with van der Waals surface area (Å²) in [6.07, 6.45) is 4.11. The topological polar surface area (TPSA) is 74.8 Å². The molecule has 3 saturated heterocycles. The summed E-state index contributed by atoms with van der Waals surface area (Å²) < 4.78 is 11.7. The normalized spacial score (nSPS) is 22.2. The highest BCUT2D eigenvalue weighted by molar-refractivity contribution is 6.32. The Bertz CT molecular complexity index is 987. The minimum absolute atomic E-state index is 0.384. The number of halogens is 1. The van der Waals surface area contributed by atoms with E-state index in [1.165, 1.54) is 18.4 Å². The summed E-state index contributed by atoms with van der Waals surface area (Å²) in [5.41, 5.74) is 3.11. The first-order valence-corrected chi connectivity index (χ1v) is 12.0. The zero-order valence-electron chi connectivity index (χ0n) is 18.1. The summed E-state index contributed by atoms with van der Waals surface area (Å²) in [5, 5.41) is 7.61. The van der Waals surface area contributed by atoms with Crippen LogP contribution in [-0.4, -0.2) is 73.4 Å². The number of hydrogen-bond acceptors (Lipinski definition) is 8. The summed E-state index contributed by atoms with van der Waals surface area (Å²) in [4.78, 5) is 13.9. The van der Waals surface area contributed by atoms with Crippen LogP contribution in [0.25, 0.3) is 0 Å². The molecule has 2 N–H and O–H groups in total. The van der Waals surface area contributed by atoms with Gasteiger partial charge in [-0.25, -0.2) is 9.97 Å². The van der Waals surface area contributed by atoms with Gasteiger partial charge in [0.05, 0.1) is 29.5 Å². The maximum atomic E-state index is 6.71. The Hall–Kier alpha value is -2.13. The van der Waals surface area contributed by atoms with Crippen molar-refractivity contribution in [1.82, 2.24) is 20.2 Å².